The minimum absolute atomic E-state index is 0.240. The molecule has 0 radical (unpaired) electrons. The number of aliphatic hydroxyl groups excluding tert-OH is 1. The first kappa shape index (κ1) is 24.9. The van der Waals surface area contributed by atoms with Gasteiger partial charge in [0.25, 0.3) is 0 Å². The Hall–Kier alpha value is -2.70. The molecule has 1 unspecified atom stereocenters. The molecule has 0 saturated heterocycles. The Labute approximate surface area is 196 Å². The van der Waals surface area contributed by atoms with E-state index in [1.165, 1.54) is 12.1 Å². The number of nitrogens with zero attached hydrogens (tertiary/aromatic N) is 3. The van der Waals surface area contributed by atoms with Crippen LogP contribution in [0.2, 0.25) is 0 Å². The summed E-state index contributed by atoms with van der Waals surface area (Å²) in [6.07, 6.45) is 3.24. The summed E-state index contributed by atoms with van der Waals surface area (Å²) < 4.78 is 21.7. The highest BCUT2D eigenvalue weighted by Crippen LogP contribution is 2.32. The molecule has 178 valence electrons. The van der Waals surface area contributed by atoms with E-state index in [1.807, 2.05) is 30.3 Å². The van der Waals surface area contributed by atoms with Gasteiger partial charge in [-0.2, -0.15) is 5.10 Å². The minimum Gasteiger partial charge on any atom is -0.439 e. The Bertz CT molecular complexity index is 987. The van der Waals surface area contributed by atoms with E-state index in [0.717, 1.165) is 42.6 Å². The topological polar surface area (TPSA) is 50.5 Å². The van der Waals surface area contributed by atoms with E-state index in [-0.39, 0.29) is 18.0 Å². The van der Waals surface area contributed by atoms with Crippen molar-refractivity contribution in [1.82, 2.24) is 14.7 Å². The average Bonchev–Trinajstić information content (AvgIpc) is 3.15. The van der Waals surface area contributed by atoms with Crippen molar-refractivity contribution in [1.29, 1.82) is 0 Å². The van der Waals surface area contributed by atoms with E-state index in [0.29, 0.717) is 24.7 Å². The molecule has 0 aliphatic rings. The van der Waals surface area contributed by atoms with Crippen molar-refractivity contribution in [3.05, 3.63) is 71.7 Å². The lowest BCUT2D eigenvalue weighted by Crippen LogP contribution is -2.37. The zero-order chi connectivity index (χ0) is 23.8. The van der Waals surface area contributed by atoms with Gasteiger partial charge in [0.1, 0.15) is 11.6 Å². The van der Waals surface area contributed by atoms with Crippen molar-refractivity contribution in [2.24, 2.45) is 0 Å². The van der Waals surface area contributed by atoms with Gasteiger partial charge < -0.3 is 9.84 Å². The lowest BCUT2D eigenvalue weighted by Gasteiger charge is -2.29. The lowest BCUT2D eigenvalue weighted by atomic mass is 10.1. The molecule has 3 aromatic rings. The van der Waals surface area contributed by atoms with Crippen LogP contribution in [-0.4, -0.2) is 38.5 Å². The predicted molar refractivity (Wildman–Crippen MR) is 130 cm³/mol. The van der Waals surface area contributed by atoms with Gasteiger partial charge in [-0.05, 0) is 63.1 Å². The van der Waals surface area contributed by atoms with Crippen molar-refractivity contribution in [2.75, 3.05) is 6.54 Å². The monoisotopic (exact) mass is 453 g/mol. The molecule has 0 fully saturated rings. The molecule has 1 heterocycles. The van der Waals surface area contributed by atoms with Crippen LogP contribution in [0.5, 0.6) is 11.6 Å². The normalized spacial score (nSPS) is 12.5. The Balaban J connectivity index is 2.01. The van der Waals surface area contributed by atoms with Gasteiger partial charge in [0.15, 0.2) is 0 Å². The molecular formula is C27H36FN3O2. The molecule has 6 heteroatoms. The number of benzene rings is 2. The van der Waals surface area contributed by atoms with Gasteiger partial charge >= 0.3 is 0 Å². The molecule has 3 rings (SSSR count). The van der Waals surface area contributed by atoms with E-state index >= 15 is 0 Å². The Morgan fingerprint density at radius 2 is 1.76 bits per heavy atom. The minimum atomic E-state index is -0.372. The summed E-state index contributed by atoms with van der Waals surface area (Å²) in [4.78, 5) is 2.27. The number of ether oxygens (including phenoxy) is 1. The van der Waals surface area contributed by atoms with Crippen LogP contribution in [0.1, 0.15) is 58.2 Å². The van der Waals surface area contributed by atoms with E-state index < -0.39 is 0 Å². The maximum Gasteiger partial charge on any atom is 0.227 e. The van der Waals surface area contributed by atoms with Crippen molar-refractivity contribution < 1.29 is 14.2 Å². The Morgan fingerprint density at radius 3 is 2.36 bits per heavy atom. The highest BCUT2D eigenvalue weighted by atomic mass is 19.1. The molecule has 0 aliphatic carbocycles. The number of hydrogen-bond acceptors (Lipinski definition) is 4. The molecule has 0 bridgehead atoms. The predicted octanol–water partition coefficient (Wildman–Crippen LogP) is 6.13. The zero-order valence-corrected chi connectivity index (χ0v) is 20.2. The summed E-state index contributed by atoms with van der Waals surface area (Å²) in [5.41, 5.74) is 2.66. The molecular weight excluding hydrogens is 417 g/mol. The summed E-state index contributed by atoms with van der Waals surface area (Å²) in [6, 6.07) is 16.1. The first-order valence-corrected chi connectivity index (χ1v) is 11.9. The number of halogens is 1. The summed E-state index contributed by atoms with van der Waals surface area (Å²) in [7, 11) is 0. The molecule has 1 aromatic heterocycles. The first-order valence-electron chi connectivity index (χ1n) is 11.9. The van der Waals surface area contributed by atoms with Gasteiger partial charge in [0.05, 0.1) is 23.0 Å². The van der Waals surface area contributed by atoms with Crippen LogP contribution in [0.3, 0.4) is 0 Å². The lowest BCUT2D eigenvalue weighted by molar-refractivity contribution is 0.0826. The van der Waals surface area contributed by atoms with E-state index in [2.05, 4.69) is 32.6 Å². The number of aromatic nitrogens is 2. The van der Waals surface area contributed by atoms with E-state index in [4.69, 9.17) is 9.84 Å². The van der Waals surface area contributed by atoms with Gasteiger partial charge in [-0.3, -0.25) is 4.90 Å². The van der Waals surface area contributed by atoms with Gasteiger partial charge in [0, 0.05) is 19.1 Å². The molecule has 0 aliphatic heterocycles. The summed E-state index contributed by atoms with van der Waals surface area (Å²) in [6.45, 7) is 9.68. The fourth-order valence-corrected chi connectivity index (χ4v) is 3.85. The van der Waals surface area contributed by atoms with Crippen LogP contribution in [0.4, 0.5) is 4.39 Å². The zero-order valence-electron chi connectivity index (χ0n) is 20.2. The molecule has 1 N–H and O–H groups in total. The molecule has 5 nitrogen and oxygen atoms in total. The fraction of sp³-hybridized carbons (Fsp3) is 0.444. The van der Waals surface area contributed by atoms with Crippen LogP contribution in [-0.2, 0) is 13.0 Å². The van der Waals surface area contributed by atoms with E-state index in [1.54, 1.807) is 16.8 Å². The van der Waals surface area contributed by atoms with Crippen LogP contribution in [0, 0.1) is 5.82 Å². The highest BCUT2D eigenvalue weighted by molar-refractivity contribution is 5.44. The highest BCUT2D eigenvalue weighted by Gasteiger charge is 2.24. The number of hydrogen-bond donors (Lipinski definition) is 1. The quantitative estimate of drug-likeness (QED) is 0.358. The average molecular weight is 454 g/mol. The maximum absolute atomic E-state index is 13.6. The van der Waals surface area contributed by atoms with Crippen molar-refractivity contribution >= 4 is 0 Å². The smallest absolute Gasteiger partial charge is 0.227 e. The maximum atomic E-state index is 13.6. The number of para-hydroxylation sites is 1. The summed E-state index contributed by atoms with van der Waals surface area (Å²) in [5, 5.41) is 15.4. The van der Waals surface area contributed by atoms with Crippen LogP contribution < -0.4 is 4.74 Å². The molecule has 0 spiro atoms. The summed E-state index contributed by atoms with van der Waals surface area (Å²) >= 11 is 0. The van der Waals surface area contributed by atoms with Crippen molar-refractivity contribution in [3.8, 4) is 17.3 Å². The molecule has 33 heavy (non-hydrogen) atoms. The van der Waals surface area contributed by atoms with Crippen LogP contribution >= 0.6 is 0 Å². The number of aryl methyl sites for hydroxylation is 1. The van der Waals surface area contributed by atoms with Gasteiger partial charge in [-0.1, -0.05) is 44.9 Å². The van der Waals surface area contributed by atoms with Gasteiger partial charge in [-0.15, -0.1) is 0 Å². The van der Waals surface area contributed by atoms with Crippen LogP contribution in [0.15, 0.2) is 54.6 Å². The second kappa shape index (κ2) is 12.0. The molecule has 0 saturated carbocycles. The molecule has 1 atom stereocenters. The van der Waals surface area contributed by atoms with Crippen molar-refractivity contribution in [3.63, 3.8) is 0 Å². The summed E-state index contributed by atoms with van der Waals surface area (Å²) in [5.74, 6) is 1.04. The largest absolute Gasteiger partial charge is 0.439 e. The Morgan fingerprint density at radius 1 is 1.06 bits per heavy atom. The third-order valence-corrected chi connectivity index (χ3v) is 5.81. The van der Waals surface area contributed by atoms with Crippen molar-refractivity contribution in [2.45, 2.75) is 72.1 Å². The second-order valence-corrected chi connectivity index (χ2v) is 8.71. The standard InChI is InChI=1S/C27H36FN3O2/c1-5-7-11-23(32)18-30(20(3)4)19-25-26(6-2)29-31(22-16-14-21(28)15-17-22)27(25)33-24-12-9-8-10-13-24/h8-10,12-17,20,23,32H,5-7,11,18-19H2,1-4H3. The third kappa shape index (κ3) is 6.65. The van der Waals surface area contributed by atoms with E-state index in [9.17, 15) is 9.50 Å². The second-order valence-electron chi connectivity index (χ2n) is 8.71. The van der Waals surface area contributed by atoms with Crippen LogP contribution in [0.25, 0.3) is 5.69 Å². The Kier molecular flexibility index (Phi) is 9.03. The number of rotatable bonds is 12. The third-order valence-electron chi connectivity index (χ3n) is 5.81. The number of aliphatic hydroxyl groups is 1. The fourth-order valence-electron chi connectivity index (χ4n) is 3.85. The van der Waals surface area contributed by atoms with Gasteiger partial charge in [0.2, 0.25) is 5.88 Å². The SMILES string of the molecule is CCCCC(O)CN(Cc1c(CC)nn(-c2ccc(F)cc2)c1Oc1ccccc1)C(C)C. The molecule has 2 aromatic carbocycles. The van der Waals surface area contributed by atoms with Gasteiger partial charge in [-0.25, -0.2) is 9.07 Å². The first-order chi connectivity index (χ1) is 15.9. The molecule has 0 amide bonds. The number of unbranched alkanes of at least 4 members (excludes halogenated alkanes) is 1.